The molecule has 4 rings (SSSR count). The van der Waals surface area contributed by atoms with Crippen LogP contribution in [0.2, 0.25) is 0 Å². The highest BCUT2D eigenvalue weighted by molar-refractivity contribution is 7.17. The number of fused-ring (bicyclic) bond motifs is 1. The van der Waals surface area contributed by atoms with E-state index in [1.165, 1.54) is 34.6 Å². The summed E-state index contributed by atoms with van der Waals surface area (Å²) in [6, 6.07) is 8.28. The average molecular weight is 374 g/mol. The molecule has 1 unspecified atom stereocenters. The van der Waals surface area contributed by atoms with Crippen LogP contribution >= 0.6 is 11.3 Å². The number of rotatable bonds is 4. The van der Waals surface area contributed by atoms with Gasteiger partial charge in [-0.2, -0.15) is 4.52 Å². The average Bonchev–Trinajstić information content (AvgIpc) is 3.14. The molecule has 0 spiro atoms. The summed E-state index contributed by atoms with van der Waals surface area (Å²) in [5.41, 5.74) is 1.19. The summed E-state index contributed by atoms with van der Waals surface area (Å²) >= 11 is 1.54. The van der Waals surface area contributed by atoms with Gasteiger partial charge in [-0.3, -0.25) is 0 Å². The number of hydrogen-bond donors (Lipinski definition) is 2. The van der Waals surface area contributed by atoms with E-state index in [2.05, 4.69) is 29.1 Å². The summed E-state index contributed by atoms with van der Waals surface area (Å²) in [5, 5.41) is 15.2. The van der Waals surface area contributed by atoms with Crippen molar-refractivity contribution in [3.63, 3.8) is 0 Å². The molecule has 7 heteroatoms. The highest BCUT2D eigenvalue weighted by atomic mass is 32.1. The second-order valence-electron chi connectivity index (χ2n) is 7.21. The molecule has 0 amide bonds. The Labute approximate surface area is 157 Å². The van der Waals surface area contributed by atoms with E-state index in [1.807, 2.05) is 19.1 Å². The van der Waals surface area contributed by atoms with Crippen LogP contribution in [0.5, 0.6) is 11.6 Å². The number of nitrogens with one attached hydrogen (secondary N) is 1. The number of methoxy groups -OCH3 is 1. The molecule has 3 heterocycles. The summed E-state index contributed by atoms with van der Waals surface area (Å²) in [6.45, 7) is 6.36. The second-order valence-corrected chi connectivity index (χ2v) is 8.22. The van der Waals surface area contributed by atoms with E-state index in [1.54, 1.807) is 11.6 Å². The van der Waals surface area contributed by atoms with Crippen LogP contribution in [0.15, 0.2) is 24.3 Å². The fourth-order valence-corrected chi connectivity index (χ4v) is 5.18. The van der Waals surface area contributed by atoms with E-state index in [-0.39, 0.29) is 11.9 Å². The Balaban J connectivity index is 1.80. The fraction of sp³-hybridized carbons (Fsp3) is 0.474. The lowest BCUT2D eigenvalue weighted by Gasteiger charge is -2.34. The first kappa shape index (κ1) is 17.3. The Morgan fingerprint density at radius 1 is 1.35 bits per heavy atom. The molecule has 2 N–H and O–H groups in total. The van der Waals surface area contributed by atoms with Crippen LogP contribution in [-0.4, -0.2) is 39.9 Å². The minimum Gasteiger partial charge on any atom is -0.497 e. The Kier molecular flexibility index (Phi) is 4.58. The molecule has 1 aromatic carbocycles. The zero-order valence-corrected chi connectivity index (χ0v) is 16.2. The SMILES string of the molecule is COc1ccc([C@@H](c2sc3nc(C)nn3c2O)[NH+]2CCC[C@H](C)C2)cc1. The van der Waals surface area contributed by atoms with Crippen LogP contribution in [0.1, 0.15) is 42.1 Å². The molecular weight excluding hydrogens is 348 g/mol. The van der Waals surface area contributed by atoms with Gasteiger partial charge in [-0.15, -0.1) is 5.10 Å². The summed E-state index contributed by atoms with van der Waals surface area (Å²) in [6.07, 6.45) is 2.49. The molecule has 1 aliphatic heterocycles. The van der Waals surface area contributed by atoms with E-state index < -0.39 is 0 Å². The number of benzene rings is 1. The second kappa shape index (κ2) is 6.89. The van der Waals surface area contributed by atoms with Crippen molar-refractivity contribution in [2.24, 2.45) is 5.92 Å². The van der Waals surface area contributed by atoms with Crippen LogP contribution in [0.3, 0.4) is 0 Å². The van der Waals surface area contributed by atoms with Gasteiger partial charge in [-0.1, -0.05) is 18.3 Å². The largest absolute Gasteiger partial charge is 0.497 e. The van der Waals surface area contributed by atoms with E-state index >= 15 is 0 Å². The van der Waals surface area contributed by atoms with Gasteiger partial charge in [0.05, 0.1) is 20.2 Å². The third-order valence-electron chi connectivity index (χ3n) is 5.23. The molecule has 0 saturated carbocycles. The lowest BCUT2D eigenvalue weighted by atomic mass is 9.95. The minimum absolute atomic E-state index is 0.0810. The van der Waals surface area contributed by atoms with Crippen molar-refractivity contribution in [3.05, 3.63) is 40.5 Å². The number of aromatic nitrogens is 3. The van der Waals surface area contributed by atoms with Crippen molar-refractivity contribution in [2.75, 3.05) is 20.2 Å². The molecule has 2 aromatic heterocycles. The number of quaternary nitrogens is 1. The first-order valence-corrected chi connectivity index (χ1v) is 9.92. The standard InChI is InChI=1S/C19H24N4O2S/c1-12-5-4-10-22(11-12)16(14-6-8-15(25-3)9-7-14)17-18(24)23-19(26-17)20-13(2)21-23/h6-9,12,16,24H,4-5,10-11H2,1-3H3/p+1/t12-,16-/m0/s1. The Bertz CT molecular complexity index is 902. The summed E-state index contributed by atoms with van der Waals surface area (Å²) in [5.74, 6) is 2.43. The lowest BCUT2D eigenvalue weighted by molar-refractivity contribution is -0.933. The van der Waals surface area contributed by atoms with Crippen molar-refractivity contribution in [2.45, 2.75) is 32.7 Å². The molecule has 3 aromatic rings. The van der Waals surface area contributed by atoms with Crippen LogP contribution in [-0.2, 0) is 0 Å². The van der Waals surface area contributed by atoms with Gasteiger partial charge < -0.3 is 14.7 Å². The van der Waals surface area contributed by atoms with E-state index in [9.17, 15) is 5.11 Å². The first-order chi connectivity index (χ1) is 12.6. The number of thiazole rings is 1. The van der Waals surface area contributed by atoms with Crippen molar-refractivity contribution in [3.8, 4) is 11.6 Å². The molecule has 0 aliphatic carbocycles. The molecule has 0 bridgehead atoms. The predicted molar refractivity (Wildman–Crippen MR) is 101 cm³/mol. The van der Waals surface area contributed by atoms with Crippen molar-refractivity contribution in [1.82, 2.24) is 14.6 Å². The summed E-state index contributed by atoms with van der Waals surface area (Å²) in [7, 11) is 1.68. The van der Waals surface area contributed by atoms with Gasteiger partial charge in [0.25, 0.3) is 0 Å². The summed E-state index contributed by atoms with van der Waals surface area (Å²) < 4.78 is 6.88. The van der Waals surface area contributed by atoms with Crippen LogP contribution in [0, 0.1) is 12.8 Å². The van der Waals surface area contributed by atoms with Crippen molar-refractivity contribution < 1.29 is 14.7 Å². The number of hydrogen-bond acceptors (Lipinski definition) is 5. The van der Waals surface area contributed by atoms with Crippen LogP contribution in [0.25, 0.3) is 4.96 Å². The number of aromatic hydroxyl groups is 1. The Morgan fingerprint density at radius 2 is 2.12 bits per heavy atom. The van der Waals surface area contributed by atoms with Gasteiger partial charge in [0.1, 0.15) is 16.5 Å². The fourth-order valence-electron chi connectivity index (χ4n) is 4.00. The topological polar surface area (TPSA) is 64.1 Å². The van der Waals surface area contributed by atoms with Gasteiger partial charge in [0.2, 0.25) is 10.8 Å². The molecule has 1 saturated heterocycles. The highest BCUT2D eigenvalue weighted by Crippen LogP contribution is 2.35. The third kappa shape index (κ3) is 3.05. The Morgan fingerprint density at radius 3 is 2.77 bits per heavy atom. The third-order valence-corrected chi connectivity index (χ3v) is 6.32. The molecule has 138 valence electrons. The normalized spacial score (nSPS) is 21.8. The van der Waals surface area contributed by atoms with E-state index in [0.717, 1.165) is 28.7 Å². The monoisotopic (exact) mass is 373 g/mol. The van der Waals surface area contributed by atoms with Crippen LogP contribution < -0.4 is 9.64 Å². The number of piperidine rings is 1. The van der Waals surface area contributed by atoms with Crippen LogP contribution in [0.4, 0.5) is 0 Å². The molecule has 1 aliphatic rings. The molecule has 0 radical (unpaired) electrons. The number of likely N-dealkylation sites (tertiary alicyclic amines) is 1. The molecular formula is C19H25N4O2S+. The number of nitrogens with zero attached hydrogens (tertiary/aromatic N) is 3. The van der Waals surface area contributed by atoms with Gasteiger partial charge in [0, 0.05) is 11.5 Å². The Hall–Kier alpha value is -2.12. The van der Waals surface area contributed by atoms with E-state index in [0.29, 0.717) is 11.7 Å². The van der Waals surface area contributed by atoms with Crippen molar-refractivity contribution >= 4 is 16.3 Å². The number of ether oxygens (including phenoxy) is 1. The molecule has 6 nitrogen and oxygen atoms in total. The van der Waals surface area contributed by atoms with Gasteiger partial charge in [-0.05, 0) is 44.0 Å². The van der Waals surface area contributed by atoms with Gasteiger partial charge in [-0.25, -0.2) is 4.98 Å². The maximum absolute atomic E-state index is 10.9. The van der Waals surface area contributed by atoms with E-state index in [4.69, 9.17) is 4.74 Å². The lowest BCUT2D eigenvalue weighted by Crippen LogP contribution is -3.13. The number of aryl methyl sites for hydroxylation is 1. The smallest absolute Gasteiger partial charge is 0.235 e. The zero-order valence-electron chi connectivity index (χ0n) is 15.4. The van der Waals surface area contributed by atoms with Crippen molar-refractivity contribution in [1.29, 1.82) is 0 Å². The molecule has 26 heavy (non-hydrogen) atoms. The van der Waals surface area contributed by atoms with Gasteiger partial charge in [0.15, 0.2) is 6.04 Å². The minimum atomic E-state index is 0.0810. The summed E-state index contributed by atoms with van der Waals surface area (Å²) in [4.78, 5) is 7.62. The highest BCUT2D eigenvalue weighted by Gasteiger charge is 2.35. The molecule has 1 fully saturated rings. The zero-order chi connectivity index (χ0) is 18.3. The predicted octanol–water partition coefficient (Wildman–Crippen LogP) is 2.22. The quantitative estimate of drug-likeness (QED) is 0.736. The first-order valence-electron chi connectivity index (χ1n) is 9.10. The molecule has 3 atom stereocenters. The maximum Gasteiger partial charge on any atom is 0.235 e. The van der Waals surface area contributed by atoms with Gasteiger partial charge >= 0.3 is 0 Å². The maximum atomic E-state index is 10.9.